The quantitative estimate of drug-likeness (QED) is 0.718. The van der Waals surface area contributed by atoms with E-state index in [4.69, 9.17) is 4.74 Å². The summed E-state index contributed by atoms with van der Waals surface area (Å²) in [5.41, 5.74) is 0. The van der Waals surface area contributed by atoms with E-state index in [1.165, 1.54) is 12.8 Å². The van der Waals surface area contributed by atoms with Crippen LogP contribution in [-0.2, 0) is 4.74 Å². The van der Waals surface area contributed by atoms with E-state index in [0.717, 1.165) is 23.8 Å². The lowest BCUT2D eigenvalue weighted by atomic mass is 9.95. The van der Waals surface area contributed by atoms with Gasteiger partial charge in [0.1, 0.15) is 0 Å². The van der Waals surface area contributed by atoms with Crippen LogP contribution >= 0.6 is 11.8 Å². The highest BCUT2D eigenvalue weighted by Gasteiger charge is 2.22. The van der Waals surface area contributed by atoms with Crippen molar-refractivity contribution in [3.63, 3.8) is 0 Å². The molecule has 0 aliphatic heterocycles. The standard InChI is InChI=1S/C12H24N2O2S/c1-3-17-11-6-4-5-10(9-11)14-12(15)13-7-8-16-2/h10-11H,3-9H2,1-2H3,(H2,13,14,15)/t10-,11+/m0/s1. The van der Waals surface area contributed by atoms with E-state index in [9.17, 15) is 4.79 Å². The van der Waals surface area contributed by atoms with Crippen molar-refractivity contribution in [1.82, 2.24) is 10.6 Å². The number of nitrogens with one attached hydrogen (secondary N) is 2. The maximum Gasteiger partial charge on any atom is 0.315 e. The summed E-state index contributed by atoms with van der Waals surface area (Å²) < 4.78 is 4.89. The number of methoxy groups -OCH3 is 1. The van der Waals surface area contributed by atoms with E-state index in [2.05, 4.69) is 17.6 Å². The fourth-order valence-corrected chi connectivity index (χ4v) is 3.34. The number of amides is 2. The molecule has 2 N–H and O–H groups in total. The third kappa shape index (κ3) is 6.17. The fourth-order valence-electron chi connectivity index (χ4n) is 2.17. The molecule has 0 aromatic carbocycles. The van der Waals surface area contributed by atoms with E-state index in [1.807, 2.05) is 11.8 Å². The van der Waals surface area contributed by atoms with Crippen LogP contribution in [0.2, 0.25) is 0 Å². The minimum absolute atomic E-state index is 0.0609. The predicted molar refractivity (Wildman–Crippen MR) is 72.6 cm³/mol. The van der Waals surface area contributed by atoms with Crippen molar-refractivity contribution in [2.24, 2.45) is 0 Å². The molecule has 4 nitrogen and oxygen atoms in total. The van der Waals surface area contributed by atoms with Gasteiger partial charge in [0.15, 0.2) is 0 Å². The average molecular weight is 260 g/mol. The van der Waals surface area contributed by atoms with Crippen LogP contribution in [0.3, 0.4) is 0 Å². The van der Waals surface area contributed by atoms with Crippen LogP contribution in [0.25, 0.3) is 0 Å². The van der Waals surface area contributed by atoms with Crippen molar-refractivity contribution in [1.29, 1.82) is 0 Å². The number of rotatable bonds is 6. The molecule has 0 aromatic heterocycles. The van der Waals surface area contributed by atoms with Gasteiger partial charge in [0, 0.05) is 24.9 Å². The third-order valence-corrected chi connectivity index (χ3v) is 4.19. The monoisotopic (exact) mass is 260 g/mol. The maximum atomic E-state index is 11.6. The van der Waals surface area contributed by atoms with Gasteiger partial charge in [-0.3, -0.25) is 0 Å². The molecule has 1 saturated carbocycles. The fraction of sp³-hybridized carbons (Fsp3) is 0.917. The summed E-state index contributed by atoms with van der Waals surface area (Å²) in [5.74, 6) is 1.16. The number of hydrogen-bond acceptors (Lipinski definition) is 3. The highest BCUT2D eigenvalue weighted by molar-refractivity contribution is 7.99. The first-order chi connectivity index (χ1) is 8.26. The first-order valence-corrected chi connectivity index (χ1v) is 7.46. The first-order valence-electron chi connectivity index (χ1n) is 6.41. The minimum atomic E-state index is -0.0609. The smallest absolute Gasteiger partial charge is 0.315 e. The van der Waals surface area contributed by atoms with Crippen molar-refractivity contribution in [3.8, 4) is 0 Å². The second-order valence-electron chi connectivity index (χ2n) is 4.33. The zero-order valence-corrected chi connectivity index (χ0v) is 11.6. The molecule has 0 radical (unpaired) electrons. The Labute approximate surface area is 108 Å². The number of carbonyl (C=O) groups excluding carboxylic acids is 1. The maximum absolute atomic E-state index is 11.6. The summed E-state index contributed by atoms with van der Waals surface area (Å²) in [4.78, 5) is 11.6. The van der Waals surface area contributed by atoms with Crippen molar-refractivity contribution in [2.45, 2.75) is 43.9 Å². The lowest BCUT2D eigenvalue weighted by Gasteiger charge is -2.29. The van der Waals surface area contributed by atoms with Crippen LogP contribution in [0.4, 0.5) is 4.79 Å². The van der Waals surface area contributed by atoms with Gasteiger partial charge in [-0.05, 0) is 25.0 Å². The van der Waals surface area contributed by atoms with E-state index in [-0.39, 0.29) is 6.03 Å². The molecule has 0 bridgehead atoms. The summed E-state index contributed by atoms with van der Waals surface area (Å²) in [6, 6.07) is 0.282. The van der Waals surface area contributed by atoms with Gasteiger partial charge in [-0.1, -0.05) is 13.3 Å². The average Bonchev–Trinajstić information content (AvgIpc) is 2.30. The summed E-state index contributed by atoms with van der Waals surface area (Å²) in [7, 11) is 1.63. The molecule has 1 fully saturated rings. The molecule has 2 atom stereocenters. The normalized spacial score (nSPS) is 24.4. The van der Waals surface area contributed by atoms with Crippen LogP contribution in [0.5, 0.6) is 0 Å². The third-order valence-electron chi connectivity index (χ3n) is 2.96. The molecule has 2 amide bonds. The summed E-state index contributed by atoms with van der Waals surface area (Å²) in [6.07, 6.45) is 4.73. The van der Waals surface area contributed by atoms with E-state index in [0.29, 0.717) is 19.2 Å². The molecule has 1 aliphatic carbocycles. The molecule has 1 aliphatic rings. The molecule has 0 aromatic rings. The molecular weight excluding hydrogens is 236 g/mol. The number of urea groups is 1. The van der Waals surface area contributed by atoms with Crippen molar-refractivity contribution < 1.29 is 9.53 Å². The first kappa shape index (κ1) is 14.6. The zero-order valence-electron chi connectivity index (χ0n) is 10.8. The van der Waals surface area contributed by atoms with E-state index < -0.39 is 0 Å². The van der Waals surface area contributed by atoms with Gasteiger partial charge in [-0.2, -0.15) is 11.8 Å². The summed E-state index contributed by atoms with van der Waals surface area (Å²) in [6.45, 7) is 3.33. The van der Waals surface area contributed by atoms with Gasteiger partial charge in [0.2, 0.25) is 0 Å². The molecule has 0 unspecified atom stereocenters. The highest BCUT2D eigenvalue weighted by Crippen LogP contribution is 2.28. The van der Waals surface area contributed by atoms with Crippen LogP contribution in [0, 0.1) is 0 Å². The second kappa shape index (κ2) is 8.64. The lowest BCUT2D eigenvalue weighted by Crippen LogP contribution is -2.45. The van der Waals surface area contributed by atoms with E-state index >= 15 is 0 Å². The Morgan fingerprint density at radius 1 is 1.47 bits per heavy atom. The van der Waals surface area contributed by atoms with Gasteiger partial charge >= 0.3 is 6.03 Å². The van der Waals surface area contributed by atoms with Gasteiger partial charge < -0.3 is 15.4 Å². The number of thioether (sulfide) groups is 1. The van der Waals surface area contributed by atoms with E-state index in [1.54, 1.807) is 7.11 Å². The predicted octanol–water partition coefficient (Wildman–Crippen LogP) is 2.00. The van der Waals surface area contributed by atoms with Crippen LogP contribution in [0.1, 0.15) is 32.6 Å². The van der Waals surface area contributed by atoms with Crippen LogP contribution < -0.4 is 10.6 Å². The zero-order chi connectivity index (χ0) is 12.5. The van der Waals surface area contributed by atoms with Crippen molar-refractivity contribution in [3.05, 3.63) is 0 Å². The molecule has 0 saturated heterocycles. The van der Waals surface area contributed by atoms with Crippen molar-refractivity contribution >= 4 is 17.8 Å². The minimum Gasteiger partial charge on any atom is -0.383 e. The Bertz CT molecular complexity index is 225. The highest BCUT2D eigenvalue weighted by atomic mass is 32.2. The molecular formula is C12H24N2O2S. The van der Waals surface area contributed by atoms with Crippen LogP contribution in [-0.4, -0.2) is 43.3 Å². The van der Waals surface area contributed by atoms with Crippen LogP contribution in [0.15, 0.2) is 0 Å². The van der Waals surface area contributed by atoms with Gasteiger partial charge in [0.25, 0.3) is 0 Å². The SMILES string of the molecule is CCS[C@@H]1CCC[C@H](NC(=O)NCCOC)C1. The molecule has 5 heteroatoms. The largest absolute Gasteiger partial charge is 0.383 e. The lowest BCUT2D eigenvalue weighted by molar-refractivity contribution is 0.194. The van der Waals surface area contributed by atoms with Gasteiger partial charge in [-0.25, -0.2) is 4.79 Å². The molecule has 0 heterocycles. The molecule has 0 spiro atoms. The summed E-state index contributed by atoms with van der Waals surface area (Å²) >= 11 is 2.01. The Morgan fingerprint density at radius 2 is 2.29 bits per heavy atom. The Hall–Kier alpha value is -0.420. The Morgan fingerprint density at radius 3 is 3.00 bits per heavy atom. The number of carbonyl (C=O) groups is 1. The van der Waals surface area contributed by atoms with Gasteiger partial charge in [-0.15, -0.1) is 0 Å². The Balaban J connectivity index is 2.18. The number of ether oxygens (including phenoxy) is 1. The topological polar surface area (TPSA) is 50.4 Å². The summed E-state index contributed by atoms with van der Waals surface area (Å²) in [5, 5.41) is 6.56. The van der Waals surface area contributed by atoms with Gasteiger partial charge in [0.05, 0.1) is 6.61 Å². The molecule has 17 heavy (non-hydrogen) atoms. The molecule has 100 valence electrons. The van der Waals surface area contributed by atoms with Crippen molar-refractivity contribution in [2.75, 3.05) is 26.0 Å². The number of hydrogen-bond donors (Lipinski definition) is 2. The molecule has 1 rings (SSSR count). The second-order valence-corrected chi connectivity index (χ2v) is 5.91. The Kier molecular flexibility index (Phi) is 7.44.